The fraction of sp³-hybridized carbons (Fsp3) is 0.167. The van der Waals surface area contributed by atoms with E-state index in [0.717, 1.165) is 10.8 Å². The lowest BCUT2D eigenvalue weighted by molar-refractivity contribution is 0.0365. The van der Waals surface area contributed by atoms with Crippen molar-refractivity contribution in [3.05, 3.63) is 60.5 Å². The van der Waals surface area contributed by atoms with Gasteiger partial charge in [0.25, 0.3) is 0 Å². The van der Waals surface area contributed by atoms with Gasteiger partial charge in [-0.3, -0.25) is 4.79 Å². The zero-order valence-corrected chi connectivity index (χ0v) is 13.4. The molecule has 3 aromatic rings. The molecule has 1 saturated heterocycles. The van der Waals surface area contributed by atoms with E-state index in [4.69, 9.17) is 4.52 Å². The molecule has 2 aromatic carbocycles. The SMILES string of the molecule is O=C(Nc1cccc2ccccc12)N1CCCN1C(=O)c1ccno1. The first-order chi connectivity index (χ1) is 12.2. The highest BCUT2D eigenvalue weighted by Crippen LogP contribution is 2.24. The Labute approximate surface area is 143 Å². The van der Waals surface area contributed by atoms with Crippen molar-refractivity contribution in [1.29, 1.82) is 0 Å². The zero-order chi connectivity index (χ0) is 17.2. The number of nitrogens with one attached hydrogen (secondary N) is 1. The molecule has 1 N–H and O–H groups in total. The van der Waals surface area contributed by atoms with Crippen LogP contribution in [0, 0.1) is 0 Å². The van der Waals surface area contributed by atoms with E-state index in [9.17, 15) is 9.59 Å². The molecule has 0 bridgehead atoms. The minimum absolute atomic E-state index is 0.116. The second kappa shape index (κ2) is 6.27. The van der Waals surface area contributed by atoms with Crippen LogP contribution in [-0.4, -0.2) is 40.2 Å². The number of urea groups is 1. The van der Waals surface area contributed by atoms with Crippen molar-refractivity contribution < 1.29 is 14.1 Å². The summed E-state index contributed by atoms with van der Waals surface area (Å²) in [5, 5.41) is 11.2. The van der Waals surface area contributed by atoms with E-state index >= 15 is 0 Å². The lowest BCUT2D eigenvalue weighted by Crippen LogP contribution is -2.46. The van der Waals surface area contributed by atoms with Crippen molar-refractivity contribution in [3.63, 3.8) is 0 Å². The molecule has 1 fully saturated rings. The molecule has 1 aromatic heterocycles. The largest absolute Gasteiger partial charge is 0.351 e. The molecule has 7 nitrogen and oxygen atoms in total. The molecule has 0 atom stereocenters. The molecule has 0 radical (unpaired) electrons. The quantitative estimate of drug-likeness (QED) is 0.780. The molecule has 126 valence electrons. The number of carbonyl (C=O) groups is 2. The van der Waals surface area contributed by atoms with Crippen LogP contribution in [0.25, 0.3) is 10.8 Å². The van der Waals surface area contributed by atoms with Crippen molar-refractivity contribution in [2.75, 3.05) is 18.4 Å². The van der Waals surface area contributed by atoms with Gasteiger partial charge in [-0.05, 0) is 17.9 Å². The third-order valence-electron chi connectivity index (χ3n) is 4.18. The fourth-order valence-electron chi connectivity index (χ4n) is 3.00. The molecule has 25 heavy (non-hydrogen) atoms. The maximum atomic E-state index is 12.7. The summed E-state index contributed by atoms with van der Waals surface area (Å²) in [4.78, 5) is 25.2. The second-order valence-corrected chi connectivity index (χ2v) is 5.74. The van der Waals surface area contributed by atoms with Gasteiger partial charge in [-0.2, -0.15) is 0 Å². The van der Waals surface area contributed by atoms with Gasteiger partial charge in [0.2, 0.25) is 5.76 Å². The van der Waals surface area contributed by atoms with E-state index in [1.54, 1.807) is 0 Å². The minimum atomic E-state index is -0.372. The average Bonchev–Trinajstić information content (AvgIpc) is 3.33. The summed E-state index contributed by atoms with van der Waals surface area (Å²) in [6.07, 6.45) is 2.12. The van der Waals surface area contributed by atoms with Crippen molar-refractivity contribution in [2.45, 2.75) is 6.42 Å². The number of hydrogen-bond donors (Lipinski definition) is 1. The van der Waals surface area contributed by atoms with Gasteiger partial charge in [-0.25, -0.2) is 14.8 Å². The Hall–Kier alpha value is -3.35. The number of nitrogens with zero attached hydrogens (tertiary/aromatic N) is 3. The normalized spacial score (nSPS) is 14.1. The maximum Gasteiger partial charge on any atom is 0.340 e. The summed E-state index contributed by atoms with van der Waals surface area (Å²) >= 11 is 0. The predicted octanol–water partition coefficient (Wildman–Crippen LogP) is 3.12. The molecule has 3 amide bonds. The number of carbonyl (C=O) groups excluding carboxylic acids is 2. The summed E-state index contributed by atoms with van der Waals surface area (Å²) in [5.74, 6) is -0.257. The number of amides is 3. The average molecular weight is 336 g/mol. The summed E-state index contributed by atoms with van der Waals surface area (Å²) < 4.78 is 4.91. The van der Waals surface area contributed by atoms with Crippen LogP contribution in [0.4, 0.5) is 10.5 Å². The first kappa shape index (κ1) is 15.2. The Morgan fingerprint density at radius 3 is 2.64 bits per heavy atom. The van der Waals surface area contributed by atoms with Crippen molar-refractivity contribution >= 4 is 28.4 Å². The number of hydrogen-bond acceptors (Lipinski definition) is 4. The van der Waals surface area contributed by atoms with Crippen molar-refractivity contribution in [3.8, 4) is 0 Å². The summed E-state index contributed by atoms with van der Waals surface area (Å²) in [6, 6.07) is 14.7. The molecule has 0 spiro atoms. The van der Waals surface area contributed by atoms with E-state index in [0.29, 0.717) is 25.2 Å². The molecule has 0 saturated carbocycles. The highest BCUT2D eigenvalue weighted by Gasteiger charge is 2.33. The fourth-order valence-corrected chi connectivity index (χ4v) is 3.00. The van der Waals surface area contributed by atoms with Gasteiger partial charge in [-0.1, -0.05) is 41.6 Å². The van der Waals surface area contributed by atoms with Crippen LogP contribution in [0.5, 0.6) is 0 Å². The van der Waals surface area contributed by atoms with Crippen LogP contribution in [0.1, 0.15) is 17.0 Å². The van der Waals surface area contributed by atoms with E-state index in [1.807, 2.05) is 42.5 Å². The van der Waals surface area contributed by atoms with Gasteiger partial charge in [0, 0.05) is 24.5 Å². The van der Waals surface area contributed by atoms with Gasteiger partial charge < -0.3 is 9.84 Å². The van der Waals surface area contributed by atoms with Crippen LogP contribution in [0.2, 0.25) is 0 Å². The first-order valence-electron chi connectivity index (χ1n) is 8.03. The van der Waals surface area contributed by atoms with Crippen LogP contribution >= 0.6 is 0 Å². The molecular weight excluding hydrogens is 320 g/mol. The first-order valence-corrected chi connectivity index (χ1v) is 8.03. The summed E-state index contributed by atoms with van der Waals surface area (Å²) in [6.45, 7) is 0.930. The lowest BCUT2D eigenvalue weighted by Gasteiger charge is -2.27. The molecule has 1 aliphatic heterocycles. The molecule has 7 heteroatoms. The number of aromatic nitrogens is 1. The van der Waals surface area contributed by atoms with Gasteiger partial charge in [0.1, 0.15) is 0 Å². The summed E-state index contributed by atoms with van der Waals surface area (Å²) in [7, 11) is 0. The minimum Gasteiger partial charge on any atom is -0.351 e. The molecule has 0 unspecified atom stereocenters. The second-order valence-electron chi connectivity index (χ2n) is 5.74. The van der Waals surface area contributed by atoms with Crippen molar-refractivity contribution in [1.82, 2.24) is 15.2 Å². The monoisotopic (exact) mass is 336 g/mol. The topological polar surface area (TPSA) is 78.7 Å². The molecule has 1 aliphatic rings. The Balaban J connectivity index is 1.56. The lowest BCUT2D eigenvalue weighted by atomic mass is 10.1. The van der Waals surface area contributed by atoms with E-state index in [1.165, 1.54) is 22.3 Å². The highest BCUT2D eigenvalue weighted by atomic mass is 16.5. The van der Waals surface area contributed by atoms with Gasteiger partial charge in [0.05, 0.1) is 11.9 Å². The third-order valence-corrected chi connectivity index (χ3v) is 4.18. The van der Waals surface area contributed by atoms with Crippen LogP contribution < -0.4 is 5.32 Å². The Kier molecular flexibility index (Phi) is 3.81. The van der Waals surface area contributed by atoms with Crippen LogP contribution in [0.15, 0.2) is 59.3 Å². The van der Waals surface area contributed by atoms with E-state index in [2.05, 4.69) is 10.5 Å². The Bertz CT molecular complexity index is 918. The van der Waals surface area contributed by atoms with Gasteiger partial charge in [0.15, 0.2) is 0 Å². The van der Waals surface area contributed by atoms with Crippen LogP contribution in [0.3, 0.4) is 0 Å². The molecule has 0 aliphatic carbocycles. The molecule has 4 rings (SSSR count). The highest BCUT2D eigenvalue weighted by molar-refractivity contribution is 6.02. The zero-order valence-electron chi connectivity index (χ0n) is 13.4. The number of fused-ring (bicyclic) bond motifs is 1. The maximum absolute atomic E-state index is 12.7. The standard InChI is InChI=1S/C18H16N4O3/c23-17(16-9-10-19-25-16)21-11-4-12-22(21)18(24)20-15-8-3-6-13-5-1-2-7-14(13)15/h1-3,5-10H,4,11-12H2,(H,20,24). The number of hydrazine groups is 1. The van der Waals surface area contributed by atoms with E-state index in [-0.39, 0.29) is 17.7 Å². The van der Waals surface area contributed by atoms with Gasteiger partial charge in [-0.15, -0.1) is 0 Å². The predicted molar refractivity (Wildman–Crippen MR) is 91.8 cm³/mol. The van der Waals surface area contributed by atoms with Crippen molar-refractivity contribution in [2.24, 2.45) is 0 Å². The number of anilines is 1. The Morgan fingerprint density at radius 1 is 1.00 bits per heavy atom. The van der Waals surface area contributed by atoms with E-state index < -0.39 is 0 Å². The summed E-state index contributed by atoms with van der Waals surface area (Å²) in [5.41, 5.74) is 0.710. The molecule has 2 heterocycles. The number of benzene rings is 2. The molecular formula is C18H16N4O3. The van der Waals surface area contributed by atoms with Crippen LogP contribution in [-0.2, 0) is 0 Å². The smallest absolute Gasteiger partial charge is 0.340 e. The van der Waals surface area contributed by atoms with Gasteiger partial charge >= 0.3 is 11.9 Å². The Morgan fingerprint density at radius 2 is 1.80 bits per heavy atom. The number of rotatable bonds is 2. The third kappa shape index (κ3) is 2.80.